The van der Waals surface area contributed by atoms with Gasteiger partial charge in [0.25, 0.3) is 0 Å². The fourth-order valence-corrected chi connectivity index (χ4v) is 4.13. The minimum atomic E-state index is -0.128. The van der Waals surface area contributed by atoms with E-state index in [4.69, 9.17) is 4.74 Å². The maximum Gasteiger partial charge on any atom is 0.238 e. The number of ether oxygens (including phenoxy) is 1. The van der Waals surface area contributed by atoms with E-state index in [-0.39, 0.29) is 24.4 Å². The van der Waals surface area contributed by atoms with Gasteiger partial charge >= 0.3 is 0 Å². The number of amides is 2. The van der Waals surface area contributed by atoms with Gasteiger partial charge in [0.1, 0.15) is 11.6 Å². The first-order valence-electron chi connectivity index (χ1n) is 10.3. The van der Waals surface area contributed by atoms with E-state index in [0.29, 0.717) is 19.6 Å². The molecule has 1 aliphatic heterocycles. The van der Waals surface area contributed by atoms with Crippen molar-refractivity contribution < 1.29 is 14.3 Å². The Morgan fingerprint density at radius 1 is 1.23 bits per heavy atom. The summed E-state index contributed by atoms with van der Waals surface area (Å²) in [6, 6.07) is 13.3. The molecule has 31 heavy (non-hydrogen) atoms. The van der Waals surface area contributed by atoms with Crippen molar-refractivity contribution in [2.75, 3.05) is 38.6 Å². The van der Waals surface area contributed by atoms with Crippen molar-refractivity contribution in [3.05, 3.63) is 53.9 Å². The Morgan fingerprint density at radius 3 is 2.81 bits per heavy atom. The second kappa shape index (κ2) is 8.77. The number of aromatic amines is 1. The van der Waals surface area contributed by atoms with E-state index < -0.39 is 0 Å². The number of nitrogens with zero attached hydrogens (tertiary/aromatic N) is 3. The summed E-state index contributed by atoms with van der Waals surface area (Å²) >= 11 is 0. The van der Waals surface area contributed by atoms with Crippen LogP contribution in [0.5, 0.6) is 5.75 Å². The number of para-hydroxylation sites is 1. The fourth-order valence-electron chi connectivity index (χ4n) is 4.13. The van der Waals surface area contributed by atoms with E-state index in [9.17, 15) is 9.59 Å². The second-order valence-electron chi connectivity index (χ2n) is 7.80. The number of aryl methyl sites for hydroxylation is 1. The highest BCUT2D eigenvalue weighted by atomic mass is 16.5. The van der Waals surface area contributed by atoms with Gasteiger partial charge < -0.3 is 19.9 Å². The quantitative estimate of drug-likeness (QED) is 0.661. The van der Waals surface area contributed by atoms with E-state index in [1.165, 1.54) is 0 Å². The number of rotatable bonds is 5. The Labute approximate surface area is 181 Å². The number of benzene rings is 2. The third-order valence-corrected chi connectivity index (χ3v) is 5.67. The van der Waals surface area contributed by atoms with E-state index in [0.717, 1.165) is 33.9 Å². The Balaban J connectivity index is 1.52. The molecule has 2 aromatic carbocycles. The third-order valence-electron chi connectivity index (χ3n) is 5.67. The number of hydrogen-bond donors (Lipinski definition) is 2. The standard InChI is InChI=1S/C23H27N5O3/c1-15-24-19-9-8-17(12-20(19)25-15)26-23(30)14-28-11-10-27(16(2)29)13-21(28)18-6-4-5-7-22(18)31-3/h4-9,12,21H,10-11,13-14H2,1-3H3,(H,24,25)(H,26,30). The smallest absolute Gasteiger partial charge is 0.238 e. The van der Waals surface area contributed by atoms with Gasteiger partial charge in [-0.2, -0.15) is 0 Å². The predicted octanol–water partition coefficient (Wildman–Crippen LogP) is 2.72. The van der Waals surface area contributed by atoms with Crippen molar-refractivity contribution in [1.29, 1.82) is 0 Å². The van der Waals surface area contributed by atoms with Crippen molar-refractivity contribution in [3.63, 3.8) is 0 Å². The van der Waals surface area contributed by atoms with Gasteiger partial charge in [-0.25, -0.2) is 4.98 Å². The highest BCUT2D eigenvalue weighted by molar-refractivity contribution is 5.94. The van der Waals surface area contributed by atoms with Crippen molar-refractivity contribution >= 4 is 28.5 Å². The maximum absolute atomic E-state index is 12.9. The minimum absolute atomic E-state index is 0.0344. The molecule has 1 unspecified atom stereocenters. The number of nitrogens with one attached hydrogen (secondary N) is 2. The van der Waals surface area contributed by atoms with Gasteiger partial charge in [-0.3, -0.25) is 14.5 Å². The zero-order valence-corrected chi connectivity index (χ0v) is 18.0. The highest BCUT2D eigenvalue weighted by Gasteiger charge is 2.32. The normalized spacial score (nSPS) is 17.0. The SMILES string of the molecule is COc1ccccc1C1CN(C(C)=O)CCN1CC(=O)Nc1ccc2nc(C)[nH]c2c1. The average Bonchev–Trinajstić information content (AvgIpc) is 3.13. The first-order chi connectivity index (χ1) is 14.9. The molecule has 0 spiro atoms. The summed E-state index contributed by atoms with van der Waals surface area (Å²) < 4.78 is 5.55. The molecule has 0 aliphatic carbocycles. The van der Waals surface area contributed by atoms with E-state index in [1.54, 1.807) is 14.0 Å². The van der Waals surface area contributed by atoms with Gasteiger partial charge in [-0.1, -0.05) is 18.2 Å². The van der Waals surface area contributed by atoms with Crippen LogP contribution in [0.25, 0.3) is 11.0 Å². The van der Waals surface area contributed by atoms with Crippen LogP contribution in [0.15, 0.2) is 42.5 Å². The molecule has 1 fully saturated rings. The van der Waals surface area contributed by atoms with Gasteiger partial charge in [0.15, 0.2) is 0 Å². The molecule has 2 heterocycles. The molecule has 8 nitrogen and oxygen atoms in total. The summed E-state index contributed by atoms with van der Waals surface area (Å²) in [6.07, 6.45) is 0. The number of aromatic nitrogens is 2. The Hall–Kier alpha value is -3.39. The number of H-pyrrole nitrogens is 1. The molecular weight excluding hydrogens is 394 g/mol. The summed E-state index contributed by atoms with van der Waals surface area (Å²) in [5.74, 6) is 1.52. The van der Waals surface area contributed by atoms with Crippen LogP contribution in [-0.4, -0.2) is 64.9 Å². The second-order valence-corrected chi connectivity index (χ2v) is 7.80. The van der Waals surface area contributed by atoms with Crippen LogP contribution in [0.1, 0.15) is 24.4 Å². The van der Waals surface area contributed by atoms with Crippen LogP contribution in [0.4, 0.5) is 5.69 Å². The number of imidazole rings is 1. The van der Waals surface area contributed by atoms with Crippen LogP contribution < -0.4 is 10.1 Å². The predicted molar refractivity (Wildman–Crippen MR) is 119 cm³/mol. The van der Waals surface area contributed by atoms with Crippen LogP contribution >= 0.6 is 0 Å². The molecule has 0 bridgehead atoms. The Kier molecular flexibility index (Phi) is 5.90. The minimum Gasteiger partial charge on any atom is -0.496 e. The molecule has 8 heteroatoms. The van der Waals surface area contributed by atoms with Gasteiger partial charge in [-0.15, -0.1) is 0 Å². The molecular formula is C23H27N5O3. The van der Waals surface area contributed by atoms with Crippen molar-refractivity contribution in [2.45, 2.75) is 19.9 Å². The molecule has 3 aromatic rings. The summed E-state index contributed by atoms with van der Waals surface area (Å²) in [5, 5.41) is 2.99. The molecule has 0 radical (unpaired) electrons. The zero-order chi connectivity index (χ0) is 22.0. The van der Waals surface area contributed by atoms with E-state index in [1.807, 2.05) is 54.3 Å². The largest absolute Gasteiger partial charge is 0.496 e. The maximum atomic E-state index is 12.9. The molecule has 1 atom stereocenters. The Bertz CT molecular complexity index is 1110. The number of piperazine rings is 1. The topological polar surface area (TPSA) is 90.6 Å². The zero-order valence-electron chi connectivity index (χ0n) is 18.0. The highest BCUT2D eigenvalue weighted by Crippen LogP contribution is 2.32. The van der Waals surface area contributed by atoms with Crippen molar-refractivity contribution in [1.82, 2.24) is 19.8 Å². The summed E-state index contributed by atoms with van der Waals surface area (Å²) in [4.78, 5) is 36.4. The molecule has 2 amide bonds. The van der Waals surface area contributed by atoms with Gasteiger partial charge in [-0.05, 0) is 31.2 Å². The van der Waals surface area contributed by atoms with Crippen LogP contribution in [0.3, 0.4) is 0 Å². The van der Waals surface area contributed by atoms with E-state index >= 15 is 0 Å². The lowest BCUT2D eigenvalue weighted by molar-refractivity contribution is -0.132. The molecule has 4 rings (SSSR count). The lowest BCUT2D eigenvalue weighted by atomic mass is 10.0. The summed E-state index contributed by atoms with van der Waals surface area (Å²) in [6.45, 7) is 5.41. The molecule has 162 valence electrons. The van der Waals surface area contributed by atoms with Crippen LogP contribution in [0, 0.1) is 6.92 Å². The number of hydrogen-bond acceptors (Lipinski definition) is 5. The molecule has 1 saturated heterocycles. The van der Waals surface area contributed by atoms with Crippen molar-refractivity contribution in [3.8, 4) is 5.75 Å². The number of carbonyl (C=O) groups excluding carboxylic acids is 2. The Morgan fingerprint density at radius 2 is 2.03 bits per heavy atom. The molecule has 0 saturated carbocycles. The number of fused-ring (bicyclic) bond motifs is 1. The monoisotopic (exact) mass is 421 g/mol. The fraction of sp³-hybridized carbons (Fsp3) is 0.348. The number of carbonyl (C=O) groups is 2. The van der Waals surface area contributed by atoms with Crippen molar-refractivity contribution in [2.24, 2.45) is 0 Å². The van der Waals surface area contributed by atoms with Gasteiger partial charge in [0.05, 0.1) is 30.7 Å². The van der Waals surface area contributed by atoms with Crippen LogP contribution in [-0.2, 0) is 9.59 Å². The first kappa shape index (κ1) is 20.9. The number of anilines is 1. The average molecular weight is 422 g/mol. The summed E-state index contributed by atoms with van der Waals surface area (Å²) in [7, 11) is 1.63. The van der Waals surface area contributed by atoms with Gasteiger partial charge in [0.2, 0.25) is 11.8 Å². The first-order valence-corrected chi connectivity index (χ1v) is 10.3. The lowest BCUT2D eigenvalue weighted by Gasteiger charge is -2.41. The van der Waals surface area contributed by atoms with Crippen LogP contribution in [0.2, 0.25) is 0 Å². The van der Waals surface area contributed by atoms with E-state index in [2.05, 4.69) is 20.2 Å². The third kappa shape index (κ3) is 4.54. The molecule has 1 aliphatic rings. The molecule has 1 aromatic heterocycles. The number of methoxy groups -OCH3 is 1. The van der Waals surface area contributed by atoms with Gasteiger partial charge in [0, 0.05) is 37.8 Å². The molecule has 2 N–H and O–H groups in total. The lowest BCUT2D eigenvalue weighted by Crippen LogP contribution is -2.51. The summed E-state index contributed by atoms with van der Waals surface area (Å²) in [5.41, 5.74) is 3.44.